The summed E-state index contributed by atoms with van der Waals surface area (Å²) in [5, 5.41) is 3.13. The van der Waals surface area contributed by atoms with Crippen molar-refractivity contribution in [3.63, 3.8) is 0 Å². The molecule has 4 heteroatoms. The number of aromatic nitrogens is 2. The van der Waals surface area contributed by atoms with Gasteiger partial charge in [-0.05, 0) is 68.2 Å². The summed E-state index contributed by atoms with van der Waals surface area (Å²) >= 11 is 0. The smallest absolute Gasteiger partial charge is 0.228 e. The Morgan fingerprint density at radius 1 is 1.09 bits per heavy atom. The lowest BCUT2D eigenvalue weighted by Gasteiger charge is -2.16. The van der Waals surface area contributed by atoms with E-state index in [4.69, 9.17) is 0 Å². The molecule has 1 N–H and O–H groups in total. The van der Waals surface area contributed by atoms with Crippen molar-refractivity contribution in [2.45, 2.75) is 32.6 Å². The lowest BCUT2D eigenvalue weighted by molar-refractivity contribution is -0.121. The fourth-order valence-electron chi connectivity index (χ4n) is 4.28. The molecule has 2 bridgehead atoms. The highest BCUT2D eigenvalue weighted by molar-refractivity contribution is 5.94. The van der Waals surface area contributed by atoms with Crippen LogP contribution >= 0.6 is 0 Å². The zero-order valence-corrected chi connectivity index (χ0v) is 13.3. The van der Waals surface area contributed by atoms with E-state index < -0.39 is 0 Å². The molecular weight excluding hydrogens is 286 g/mol. The highest BCUT2D eigenvalue weighted by Crippen LogP contribution is 2.49. The van der Waals surface area contributed by atoms with Crippen LogP contribution in [0.1, 0.15) is 31.2 Å². The lowest BCUT2D eigenvalue weighted by atomic mass is 9.96. The van der Waals surface area contributed by atoms with Crippen LogP contribution in [0.5, 0.6) is 0 Å². The summed E-state index contributed by atoms with van der Waals surface area (Å²) in [6, 6.07) is 7.78. The monoisotopic (exact) mass is 307 g/mol. The number of nitrogens with one attached hydrogen (secondary N) is 1. The largest absolute Gasteiger partial charge is 0.326 e. The van der Waals surface area contributed by atoms with Crippen LogP contribution in [0, 0.1) is 24.7 Å². The maximum atomic E-state index is 12.7. The number of nitrogens with zero attached hydrogens (tertiary/aromatic N) is 2. The first-order valence-corrected chi connectivity index (χ1v) is 8.41. The molecule has 0 aliphatic heterocycles. The van der Waals surface area contributed by atoms with Gasteiger partial charge in [0, 0.05) is 29.6 Å². The number of rotatable bonds is 3. The van der Waals surface area contributed by atoms with Gasteiger partial charge in [-0.1, -0.05) is 6.07 Å². The molecule has 23 heavy (non-hydrogen) atoms. The Bertz CT molecular complexity index is 709. The maximum absolute atomic E-state index is 12.7. The van der Waals surface area contributed by atoms with Gasteiger partial charge < -0.3 is 5.32 Å². The number of carbonyl (C=O) groups is 1. The van der Waals surface area contributed by atoms with Crippen LogP contribution in [-0.4, -0.2) is 15.9 Å². The minimum absolute atomic E-state index is 0.193. The first-order valence-electron chi connectivity index (χ1n) is 8.41. The van der Waals surface area contributed by atoms with E-state index in [0.29, 0.717) is 17.7 Å². The van der Waals surface area contributed by atoms with Crippen LogP contribution in [0.15, 0.2) is 36.7 Å². The molecule has 2 aliphatic rings. The topological polar surface area (TPSA) is 54.9 Å². The number of fused-ring (bicyclic) bond motifs is 2. The van der Waals surface area contributed by atoms with Gasteiger partial charge >= 0.3 is 0 Å². The maximum Gasteiger partial charge on any atom is 0.228 e. The van der Waals surface area contributed by atoms with Gasteiger partial charge in [-0.15, -0.1) is 0 Å². The molecule has 118 valence electrons. The summed E-state index contributed by atoms with van der Waals surface area (Å²) in [5.74, 6) is 2.30. The third kappa shape index (κ3) is 2.62. The van der Waals surface area contributed by atoms with Gasteiger partial charge in [0.15, 0.2) is 5.82 Å². The van der Waals surface area contributed by atoms with Gasteiger partial charge in [-0.2, -0.15) is 0 Å². The van der Waals surface area contributed by atoms with Gasteiger partial charge in [0.05, 0.1) is 0 Å². The second-order valence-corrected chi connectivity index (χ2v) is 6.79. The van der Waals surface area contributed by atoms with E-state index in [1.54, 1.807) is 18.5 Å². The average Bonchev–Trinajstić information content (AvgIpc) is 3.18. The number of benzene rings is 1. The second-order valence-electron chi connectivity index (χ2n) is 6.79. The summed E-state index contributed by atoms with van der Waals surface area (Å²) in [4.78, 5) is 21.3. The number of anilines is 1. The molecule has 0 atom stereocenters. The standard InChI is InChI=1S/C19H21N3O/c1-12-3-8-15(11-16(12)18-20-9-2-10-21-18)22-19(23)17-13-4-5-14(17)7-6-13/h2-3,8-11,13-14,17H,4-7H2,1H3,(H,22,23). The molecule has 2 aliphatic carbocycles. The summed E-state index contributed by atoms with van der Waals surface area (Å²) in [5.41, 5.74) is 2.92. The van der Waals surface area contributed by atoms with E-state index in [1.807, 2.05) is 25.1 Å². The van der Waals surface area contributed by atoms with E-state index >= 15 is 0 Å². The summed E-state index contributed by atoms with van der Waals surface area (Å²) in [7, 11) is 0. The summed E-state index contributed by atoms with van der Waals surface area (Å²) in [6.07, 6.45) is 8.37. The molecule has 4 rings (SSSR count). The minimum Gasteiger partial charge on any atom is -0.326 e. The Kier molecular flexibility index (Phi) is 3.60. The molecule has 2 fully saturated rings. The Labute approximate surface area is 136 Å². The highest BCUT2D eigenvalue weighted by Gasteiger charge is 2.45. The Morgan fingerprint density at radius 3 is 2.39 bits per heavy atom. The van der Waals surface area contributed by atoms with Crippen molar-refractivity contribution in [2.24, 2.45) is 17.8 Å². The van der Waals surface area contributed by atoms with Crippen LogP contribution in [0.2, 0.25) is 0 Å². The van der Waals surface area contributed by atoms with E-state index in [1.165, 1.54) is 25.7 Å². The zero-order valence-electron chi connectivity index (χ0n) is 13.3. The number of hydrogen-bond donors (Lipinski definition) is 1. The van der Waals surface area contributed by atoms with Gasteiger partial charge in [-0.3, -0.25) is 4.79 Å². The molecular formula is C19H21N3O. The number of hydrogen-bond acceptors (Lipinski definition) is 3. The first-order chi connectivity index (χ1) is 11.2. The normalized spacial score (nSPS) is 25.5. The van der Waals surface area contributed by atoms with Gasteiger partial charge in [0.2, 0.25) is 5.91 Å². The molecule has 1 aromatic carbocycles. The number of aryl methyl sites for hydroxylation is 1. The molecule has 4 nitrogen and oxygen atoms in total. The number of amides is 1. The predicted molar refractivity (Wildman–Crippen MR) is 89.8 cm³/mol. The molecule has 1 heterocycles. The summed E-state index contributed by atoms with van der Waals surface area (Å²) in [6.45, 7) is 2.04. The quantitative estimate of drug-likeness (QED) is 0.937. The van der Waals surface area contributed by atoms with E-state index in [2.05, 4.69) is 15.3 Å². The minimum atomic E-state index is 0.193. The summed E-state index contributed by atoms with van der Waals surface area (Å²) < 4.78 is 0. The first kappa shape index (κ1) is 14.4. The fraction of sp³-hybridized carbons (Fsp3) is 0.421. The number of carbonyl (C=O) groups excluding carboxylic acids is 1. The van der Waals surface area contributed by atoms with Crippen LogP contribution in [0.25, 0.3) is 11.4 Å². The average molecular weight is 307 g/mol. The van der Waals surface area contributed by atoms with Crippen LogP contribution in [0.3, 0.4) is 0 Å². The SMILES string of the molecule is Cc1ccc(NC(=O)C2C3CCC2CC3)cc1-c1ncccn1. The zero-order chi connectivity index (χ0) is 15.8. The molecule has 0 spiro atoms. The molecule has 2 saturated carbocycles. The van der Waals surface area contributed by atoms with Crippen molar-refractivity contribution >= 4 is 11.6 Å². The molecule has 0 radical (unpaired) electrons. The third-order valence-corrected chi connectivity index (χ3v) is 5.45. The predicted octanol–water partition coefficient (Wildman–Crippen LogP) is 3.83. The third-order valence-electron chi connectivity index (χ3n) is 5.45. The molecule has 2 aromatic rings. The van der Waals surface area contributed by atoms with E-state index in [9.17, 15) is 4.79 Å². The van der Waals surface area contributed by atoms with Crippen LogP contribution in [-0.2, 0) is 4.79 Å². The van der Waals surface area contributed by atoms with Crippen LogP contribution < -0.4 is 5.32 Å². The van der Waals surface area contributed by atoms with E-state index in [-0.39, 0.29) is 11.8 Å². The van der Waals surface area contributed by atoms with Crippen molar-refractivity contribution in [1.82, 2.24) is 9.97 Å². The second kappa shape index (κ2) is 5.76. The van der Waals surface area contributed by atoms with Gasteiger partial charge in [0.25, 0.3) is 0 Å². The molecule has 0 unspecified atom stereocenters. The van der Waals surface area contributed by atoms with Gasteiger partial charge in [-0.25, -0.2) is 9.97 Å². The van der Waals surface area contributed by atoms with Crippen molar-refractivity contribution in [3.8, 4) is 11.4 Å². The van der Waals surface area contributed by atoms with Crippen molar-refractivity contribution in [1.29, 1.82) is 0 Å². The van der Waals surface area contributed by atoms with Crippen molar-refractivity contribution in [3.05, 3.63) is 42.2 Å². The molecule has 0 saturated heterocycles. The van der Waals surface area contributed by atoms with Crippen molar-refractivity contribution in [2.75, 3.05) is 5.32 Å². The Balaban J connectivity index is 1.57. The Morgan fingerprint density at radius 2 is 1.74 bits per heavy atom. The van der Waals surface area contributed by atoms with E-state index in [0.717, 1.165) is 16.8 Å². The Hall–Kier alpha value is -2.23. The fourth-order valence-corrected chi connectivity index (χ4v) is 4.28. The van der Waals surface area contributed by atoms with Crippen molar-refractivity contribution < 1.29 is 4.79 Å². The van der Waals surface area contributed by atoms with Gasteiger partial charge in [0.1, 0.15) is 0 Å². The molecule has 1 amide bonds. The lowest BCUT2D eigenvalue weighted by Crippen LogP contribution is -2.26. The highest BCUT2D eigenvalue weighted by atomic mass is 16.1. The molecule has 1 aromatic heterocycles. The van der Waals surface area contributed by atoms with Crippen LogP contribution in [0.4, 0.5) is 5.69 Å².